The number of hydrogen-bond donors (Lipinski definition) is 2. The molecule has 0 aromatic carbocycles. The first-order valence-electron chi connectivity index (χ1n) is 6.00. The summed E-state index contributed by atoms with van der Waals surface area (Å²) in [6, 6.07) is 1.66. The zero-order valence-corrected chi connectivity index (χ0v) is 11.7. The molecule has 0 spiro atoms. The van der Waals surface area contributed by atoms with Crippen LogP contribution in [0.25, 0.3) is 0 Å². The third-order valence-corrected chi connectivity index (χ3v) is 3.31. The van der Waals surface area contributed by atoms with E-state index in [1.54, 1.807) is 12.3 Å². The van der Waals surface area contributed by atoms with Crippen molar-refractivity contribution in [2.75, 3.05) is 11.9 Å². The Morgan fingerprint density at radius 1 is 1.45 bits per heavy atom. The van der Waals surface area contributed by atoms with E-state index in [2.05, 4.69) is 32.3 Å². The van der Waals surface area contributed by atoms with E-state index in [-0.39, 0.29) is 12.5 Å². The highest BCUT2D eigenvalue weighted by atomic mass is 32.1. The standard InChI is InChI=1S/C13H13N5OS/c1-2-11-17-18-13(20-11)16-12(19)10-6-9(4-3-5-14)7-15-8-10/h6-8H,2,5,14H2,1H3,(H,16,18,19). The number of pyridine rings is 1. The van der Waals surface area contributed by atoms with Crippen LogP contribution in [0, 0.1) is 11.8 Å². The Kier molecular flexibility index (Phi) is 4.76. The molecule has 0 aliphatic carbocycles. The average molecular weight is 287 g/mol. The van der Waals surface area contributed by atoms with Gasteiger partial charge in [-0.15, -0.1) is 10.2 Å². The monoisotopic (exact) mass is 287 g/mol. The topological polar surface area (TPSA) is 93.8 Å². The maximum atomic E-state index is 12.1. The molecule has 2 aromatic heterocycles. The van der Waals surface area contributed by atoms with Crippen LogP contribution < -0.4 is 11.1 Å². The van der Waals surface area contributed by atoms with Gasteiger partial charge in [0.15, 0.2) is 0 Å². The number of anilines is 1. The number of carbonyl (C=O) groups excluding carboxylic acids is 1. The molecule has 102 valence electrons. The molecule has 6 nitrogen and oxygen atoms in total. The molecular formula is C13H13N5OS. The summed E-state index contributed by atoms with van der Waals surface area (Å²) in [6.45, 7) is 2.25. The summed E-state index contributed by atoms with van der Waals surface area (Å²) in [6.07, 6.45) is 3.85. The third-order valence-electron chi connectivity index (χ3n) is 2.32. The van der Waals surface area contributed by atoms with Gasteiger partial charge in [-0.3, -0.25) is 15.1 Å². The molecule has 3 N–H and O–H groups in total. The predicted octanol–water partition coefficient (Wildman–Crippen LogP) is 1.06. The Morgan fingerprint density at radius 2 is 2.30 bits per heavy atom. The molecule has 1 amide bonds. The van der Waals surface area contributed by atoms with E-state index in [0.717, 1.165) is 11.4 Å². The summed E-state index contributed by atoms with van der Waals surface area (Å²) in [4.78, 5) is 16.0. The number of hydrogen-bond acceptors (Lipinski definition) is 6. The highest BCUT2D eigenvalue weighted by Gasteiger charge is 2.10. The van der Waals surface area contributed by atoms with Crippen LogP contribution >= 0.6 is 11.3 Å². The van der Waals surface area contributed by atoms with Crippen LogP contribution in [0.1, 0.15) is 27.9 Å². The quantitative estimate of drug-likeness (QED) is 0.823. The van der Waals surface area contributed by atoms with Crippen molar-refractivity contribution in [3.63, 3.8) is 0 Å². The molecule has 0 fully saturated rings. The highest BCUT2D eigenvalue weighted by Crippen LogP contribution is 2.16. The molecule has 2 aromatic rings. The number of rotatable bonds is 3. The Morgan fingerprint density at radius 3 is 3.00 bits per heavy atom. The van der Waals surface area contributed by atoms with Gasteiger partial charge in [-0.2, -0.15) is 0 Å². The van der Waals surface area contributed by atoms with Crippen LogP contribution in [0.3, 0.4) is 0 Å². The molecule has 0 unspecified atom stereocenters. The number of aryl methyl sites for hydroxylation is 1. The largest absolute Gasteiger partial charge is 0.320 e. The van der Waals surface area contributed by atoms with Crippen molar-refractivity contribution >= 4 is 22.4 Å². The number of aromatic nitrogens is 3. The molecule has 2 rings (SSSR count). The Labute approximate surface area is 120 Å². The SMILES string of the molecule is CCc1nnc(NC(=O)c2cncc(C#CCN)c2)s1. The van der Waals surface area contributed by atoms with Gasteiger partial charge in [0.2, 0.25) is 5.13 Å². The minimum atomic E-state index is -0.285. The Hall–Kier alpha value is -2.30. The van der Waals surface area contributed by atoms with Crippen molar-refractivity contribution in [1.82, 2.24) is 15.2 Å². The molecule has 0 radical (unpaired) electrons. The summed E-state index contributed by atoms with van der Waals surface area (Å²) in [5.41, 5.74) is 6.37. The van der Waals surface area contributed by atoms with Gasteiger partial charge >= 0.3 is 0 Å². The molecule has 0 saturated carbocycles. The zero-order valence-electron chi connectivity index (χ0n) is 10.9. The Bertz CT molecular complexity index is 671. The first-order chi connectivity index (χ1) is 9.72. The van der Waals surface area contributed by atoms with E-state index in [1.807, 2.05) is 6.92 Å². The maximum absolute atomic E-state index is 12.1. The van der Waals surface area contributed by atoms with Crippen LogP contribution in [0.4, 0.5) is 5.13 Å². The van der Waals surface area contributed by atoms with Crippen LogP contribution in [0.5, 0.6) is 0 Å². The summed E-state index contributed by atoms with van der Waals surface area (Å²) < 4.78 is 0. The van der Waals surface area contributed by atoms with Crippen LogP contribution in [-0.4, -0.2) is 27.6 Å². The average Bonchev–Trinajstić information content (AvgIpc) is 2.93. The van der Waals surface area contributed by atoms with Gasteiger partial charge in [0.05, 0.1) is 12.1 Å². The molecule has 0 atom stereocenters. The van der Waals surface area contributed by atoms with Crippen molar-refractivity contribution in [2.24, 2.45) is 5.73 Å². The van der Waals surface area contributed by atoms with Gasteiger partial charge in [-0.25, -0.2) is 0 Å². The fraction of sp³-hybridized carbons (Fsp3) is 0.231. The summed E-state index contributed by atoms with van der Waals surface area (Å²) in [7, 11) is 0. The molecule has 20 heavy (non-hydrogen) atoms. The summed E-state index contributed by atoms with van der Waals surface area (Å²) in [5.74, 6) is 5.27. The first-order valence-corrected chi connectivity index (χ1v) is 6.82. The molecule has 0 bridgehead atoms. The van der Waals surface area contributed by atoms with Crippen molar-refractivity contribution < 1.29 is 4.79 Å². The van der Waals surface area contributed by atoms with E-state index >= 15 is 0 Å². The smallest absolute Gasteiger partial charge is 0.259 e. The van der Waals surface area contributed by atoms with E-state index in [4.69, 9.17) is 5.73 Å². The molecule has 0 saturated heterocycles. The van der Waals surface area contributed by atoms with Crippen molar-refractivity contribution in [1.29, 1.82) is 0 Å². The second-order valence-corrected chi connectivity index (χ2v) is 4.84. The summed E-state index contributed by atoms with van der Waals surface area (Å²) in [5, 5.41) is 11.9. The van der Waals surface area contributed by atoms with Crippen molar-refractivity contribution in [3.05, 3.63) is 34.6 Å². The second-order valence-electron chi connectivity index (χ2n) is 3.78. The maximum Gasteiger partial charge on any atom is 0.259 e. The number of carbonyl (C=O) groups is 1. The van der Waals surface area contributed by atoms with Gasteiger partial charge < -0.3 is 5.73 Å². The fourth-order valence-corrected chi connectivity index (χ4v) is 2.08. The van der Waals surface area contributed by atoms with E-state index in [9.17, 15) is 4.79 Å². The normalized spacial score (nSPS) is 9.70. The Balaban J connectivity index is 2.12. The van der Waals surface area contributed by atoms with Gasteiger partial charge in [0.25, 0.3) is 5.91 Å². The predicted molar refractivity (Wildman–Crippen MR) is 77.4 cm³/mol. The van der Waals surface area contributed by atoms with Crippen molar-refractivity contribution in [2.45, 2.75) is 13.3 Å². The zero-order chi connectivity index (χ0) is 14.4. The summed E-state index contributed by atoms with van der Waals surface area (Å²) >= 11 is 1.35. The lowest BCUT2D eigenvalue weighted by Crippen LogP contribution is -2.12. The van der Waals surface area contributed by atoms with E-state index < -0.39 is 0 Å². The van der Waals surface area contributed by atoms with Crippen molar-refractivity contribution in [3.8, 4) is 11.8 Å². The molecular weight excluding hydrogens is 274 g/mol. The number of nitrogens with one attached hydrogen (secondary N) is 1. The number of amides is 1. The van der Waals surface area contributed by atoms with Gasteiger partial charge in [-0.1, -0.05) is 30.1 Å². The van der Waals surface area contributed by atoms with E-state index in [1.165, 1.54) is 17.5 Å². The van der Waals surface area contributed by atoms with Crippen LogP contribution in [-0.2, 0) is 6.42 Å². The van der Waals surface area contributed by atoms with Crippen LogP contribution in [0.15, 0.2) is 18.5 Å². The fourth-order valence-electron chi connectivity index (χ4n) is 1.40. The first kappa shape index (κ1) is 14.1. The van der Waals surface area contributed by atoms with Gasteiger partial charge in [-0.05, 0) is 12.5 Å². The molecule has 2 heterocycles. The highest BCUT2D eigenvalue weighted by molar-refractivity contribution is 7.15. The molecule has 0 aliphatic rings. The lowest BCUT2D eigenvalue weighted by atomic mass is 10.2. The minimum Gasteiger partial charge on any atom is -0.320 e. The number of nitrogens with two attached hydrogens (primary N) is 1. The number of nitrogens with zero attached hydrogens (tertiary/aromatic N) is 3. The third kappa shape index (κ3) is 3.60. The van der Waals surface area contributed by atoms with Gasteiger partial charge in [0.1, 0.15) is 5.01 Å². The van der Waals surface area contributed by atoms with E-state index in [0.29, 0.717) is 16.3 Å². The molecule has 7 heteroatoms. The lowest BCUT2D eigenvalue weighted by molar-refractivity contribution is 0.102. The lowest BCUT2D eigenvalue weighted by Gasteiger charge is -2.00. The molecule has 0 aliphatic heterocycles. The van der Waals surface area contributed by atoms with Crippen LogP contribution in [0.2, 0.25) is 0 Å². The minimum absolute atomic E-state index is 0.265. The second kappa shape index (κ2) is 6.75. The van der Waals surface area contributed by atoms with Gasteiger partial charge in [0, 0.05) is 18.0 Å².